The van der Waals surface area contributed by atoms with Gasteiger partial charge in [-0.2, -0.15) is 0 Å². The maximum atomic E-state index is 9.55. The third-order valence-corrected chi connectivity index (χ3v) is 0.368. The molecule has 0 aromatic carbocycles. The van der Waals surface area contributed by atoms with Crippen LogP contribution in [0.3, 0.4) is 0 Å². The van der Waals surface area contributed by atoms with Crippen molar-refractivity contribution in [2.75, 3.05) is 0 Å². The molecule has 0 bridgehead atoms. The van der Waals surface area contributed by atoms with Gasteiger partial charge in [0.1, 0.15) is 0 Å². The minimum absolute atomic E-state index is 0. The van der Waals surface area contributed by atoms with Crippen molar-refractivity contribution in [1.82, 2.24) is 0 Å². The van der Waals surface area contributed by atoms with Crippen LogP contribution < -0.4 is 18.9 Å². The second-order valence-electron chi connectivity index (χ2n) is 1.01. The van der Waals surface area contributed by atoms with Gasteiger partial charge >= 0.3 is 30.8 Å². The Kier molecular flexibility index (Phi) is 13.3. The summed E-state index contributed by atoms with van der Waals surface area (Å²) in [6.07, 6.45) is 1.12. The van der Waals surface area contributed by atoms with Gasteiger partial charge in [0.05, 0.1) is 0 Å². The van der Waals surface area contributed by atoms with E-state index in [0.717, 1.165) is 0 Å². The summed E-state index contributed by atoms with van der Waals surface area (Å²) in [6, 6.07) is 0. The molecule has 0 rings (SSSR count). The Hall–Kier alpha value is -0.763. The fraction of sp³-hybridized carbons (Fsp3) is 0. The van der Waals surface area contributed by atoms with Crippen LogP contribution in [0.4, 0.5) is 0 Å². The van der Waals surface area contributed by atoms with Crippen LogP contribution in [-0.4, -0.2) is 27.6 Å². The summed E-state index contributed by atoms with van der Waals surface area (Å²) >= 11 is 0. The minimum Gasteiger partial charge on any atom is -0.870 e. The first-order valence-electron chi connectivity index (χ1n) is 1.77. The second kappa shape index (κ2) is 8.24. The second-order valence-corrected chi connectivity index (χ2v) is 1.01. The van der Waals surface area contributed by atoms with E-state index < -0.39 is 11.9 Å². The first-order valence-corrected chi connectivity index (χ1v) is 1.77. The van der Waals surface area contributed by atoms with E-state index in [1.165, 1.54) is 0 Å². The normalized spacial score (nSPS) is 7.60. The predicted octanol–water partition coefficient (Wildman–Crippen LogP) is -3.46. The third kappa shape index (κ3) is 15.7. The maximum Gasteiger partial charge on any atom is 1.00 e. The molecule has 0 aliphatic rings. The Labute approximate surface area is 68.8 Å². The molecule has 0 heterocycles. The van der Waals surface area contributed by atoms with E-state index in [0.29, 0.717) is 12.2 Å². The van der Waals surface area contributed by atoms with Gasteiger partial charge in [0, 0.05) is 12.2 Å². The summed E-state index contributed by atoms with van der Waals surface area (Å²) < 4.78 is 0. The molecular weight excluding hydrogens is 135 g/mol. The van der Waals surface area contributed by atoms with Gasteiger partial charge in [0.25, 0.3) is 0 Å². The number of hydrogen-bond acceptors (Lipinski definition) is 3. The van der Waals surface area contributed by atoms with Crippen molar-refractivity contribution in [3.05, 3.63) is 12.2 Å². The van der Waals surface area contributed by atoms with Crippen LogP contribution in [0, 0.1) is 0 Å². The molecule has 0 aliphatic carbocycles. The molecule has 0 atom stereocenters. The molecule has 0 aromatic heterocycles. The summed E-state index contributed by atoms with van der Waals surface area (Å²) in [4.78, 5) is 19.1. The van der Waals surface area contributed by atoms with Gasteiger partial charge in [-0.15, -0.1) is 0 Å². The van der Waals surface area contributed by atoms with Gasteiger partial charge in [0.15, 0.2) is 0 Å². The standard InChI is InChI=1S/C4H4O4.Li.H2O/c5-3(6)1-2-4(7)8;;/h1-2H,(H,5,6)(H,7,8);;1H2/q;+1;/p-1. The van der Waals surface area contributed by atoms with E-state index in [9.17, 15) is 9.59 Å². The van der Waals surface area contributed by atoms with E-state index in [1.807, 2.05) is 0 Å². The molecule has 3 N–H and O–H groups in total. The average molecular weight is 140 g/mol. The Bertz CT molecular complexity index is 125. The number of carbonyl (C=O) groups is 2. The van der Waals surface area contributed by atoms with Crippen LogP contribution in [0.1, 0.15) is 0 Å². The van der Waals surface area contributed by atoms with E-state index in [-0.39, 0.29) is 24.3 Å². The molecule has 0 aliphatic heterocycles. The molecular formula is C4H5LiO5. The summed E-state index contributed by atoms with van der Waals surface area (Å²) in [5, 5.41) is 15.6. The fourth-order valence-electron chi connectivity index (χ4n) is 0.143. The minimum atomic E-state index is -1.26. The Balaban J connectivity index is -0.000000245. The number of carboxylic acid groups (broad SMARTS) is 2. The zero-order chi connectivity index (χ0) is 6.57. The van der Waals surface area contributed by atoms with Crippen molar-refractivity contribution < 1.29 is 44.1 Å². The van der Waals surface area contributed by atoms with Gasteiger partial charge in [-0.05, 0) is 0 Å². The molecule has 0 amide bonds. The molecule has 52 valence electrons. The van der Waals surface area contributed by atoms with E-state index in [2.05, 4.69) is 0 Å². The van der Waals surface area contributed by atoms with Crippen molar-refractivity contribution >= 4 is 11.9 Å². The summed E-state index contributed by atoms with van der Waals surface area (Å²) in [7, 11) is 0. The van der Waals surface area contributed by atoms with Crippen LogP contribution in [0.2, 0.25) is 0 Å². The Morgan fingerprint density at radius 3 is 1.30 bits per heavy atom. The smallest absolute Gasteiger partial charge is 0.870 e. The van der Waals surface area contributed by atoms with E-state index >= 15 is 0 Å². The Morgan fingerprint density at radius 2 is 1.20 bits per heavy atom. The summed E-state index contributed by atoms with van der Waals surface area (Å²) in [5.41, 5.74) is 0. The van der Waals surface area contributed by atoms with Crippen LogP contribution in [-0.2, 0) is 9.59 Å². The van der Waals surface area contributed by atoms with Gasteiger partial charge in [0.2, 0.25) is 0 Å². The largest absolute Gasteiger partial charge is 1.00 e. The monoisotopic (exact) mass is 140 g/mol. The van der Waals surface area contributed by atoms with E-state index in [1.54, 1.807) is 0 Å². The molecule has 0 saturated carbocycles. The predicted molar refractivity (Wildman–Crippen MR) is 26.3 cm³/mol. The molecule has 0 fully saturated rings. The first kappa shape index (κ1) is 16.1. The quantitative estimate of drug-likeness (QED) is 0.306. The van der Waals surface area contributed by atoms with Crippen molar-refractivity contribution in [2.24, 2.45) is 0 Å². The number of rotatable bonds is 2. The van der Waals surface area contributed by atoms with Gasteiger partial charge < -0.3 is 15.7 Å². The number of aliphatic carboxylic acids is 2. The third-order valence-electron chi connectivity index (χ3n) is 0.368. The summed E-state index contributed by atoms with van der Waals surface area (Å²) in [5.74, 6) is -2.51. The zero-order valence-electron chi connectivity index (χ0n) is 5.31. The van der Waals surface area contributed by atoms with Crippen LogP contribution >= 0.6 is 0 Å². The van der Waals surface area contributed by atoms with Crippen molar-refractivity contribution in [1.29, 1.82) is 0 Å². The van der Waals surface area contributed by atoms with Gasteiger partial charge in [-0.1, -0.05) is 0 Å². The average Bonchev–Trinajstić information content (AvgIpc) is 1.61. The molecule has 0 saturated heterocycles. The van der Waals surface area contributed by atoms with Gasteiger partial charge in [-0.25, -0.2) is 9.59 Å². The molecule has 0 radical (unpaired) electrons. The number of hydrogen-bond donors (Lipinski definition) is 2. The molecule has 5 nitrogen and oxygen atoms in total. The van der Waals surface area contributed by atoms with Crippen molar-refractivity contribution in [2.45, 2.75) is 0 Å². The number of carboxylic acids is 2. The van der Waals surface area contributed by atoms with Crippen molar-refractivity contribution in [3.8, 4) is 0 Å². The molecule has 0 unspecified atom stereocenters. The van der Waals surface area contributed by atoms with Crippen LogP contribution in [0.15, 0.2) is 12.2 Å². The molecule has 0 spiro atoms. The van der Waals surface area contributed by atoms with Crippen LogP contribution in [0.25, 0.3) is 0 Å². The molecule has 6 heteroatoms. The zero-order valence-corrected chi connectivity index (χ0v) is 5.31. The first-order chi connectivity index (χ1) is 3.63. The molecule has 10 heavy (non-hydrogen) atoms. The Morgan fingerprint density at radius 1 is 1.00 bits per heavy atom. The molecule has 0 aromatic rings. The van der Waals surface area contributed by atoms with Gasteiger partial charge in [-0.3, -0.25) is 0 Å². The summed E-state index contributed by atoms with van der Waals surface area (Å²) in [6.45, 7) is 0. The fourth-order valence-corrected chi connectivity index (χ4v) is 0.143. The van der Waals surface area contributed by atoms with Crippen molar-refractivity contribution in [3.63, 3.8) is 0 Å². The SMILES string of the molecule is O=C(O)C=CC(=O)O.[Li+].[OH-]. The van der Waals surface area contributed by atoms with E-state index in [4.69, 9.17) is 10.2 Å². The maximum absolute atomic E-state index is 9.55. The topological polar surface area (TPSA) is 105 Å². The van der Waals surface area contributed by atoms with Crippen LogP contribution in [0.5, 0.6) is 0 Å².